The van der Waals surface area contributed by atoms with Gasteiger partial charge in [-0.2, -0.15) is 0 Å². The monoisotopic (exact) mass is 236 g/mol. The number of rotatable bonds is 3. The topological polar surface area (TPSA) is 55.1 Å². The summed E-state index contributed by atoms with van der Waals surface area (Å²) >= 11 is 4.69. The highest BCUT2D eigenvalue weighted by molar-refractivity contribution is 7.80. The molecule has 1 aromatic rings. The number of thiocarbonyl (C=S) groups is 1. The van der Waals surface area contributed by atoms with Gasteiger partial charge in [-0.15, -0.1) is 0 Å². The Bertz CT molecular complexity index is 418. The lowest BCUT2D eigenvalue weighted by molar-refractivity contribution is -0.115. The molecule has 4 heteroatoms. The van der Waals surface area contributed by atoms with Gasteiger partial charge in [0.2, 0.25) is 5.91 Å². The van der Waals surface area contributed by atoms with E-state index in [0.717, 1.165) is 16.8 Å². The van der Waals surface area contributed by atoms with Gasteiger partial charge >= 0.3 is 0 Å². The summed E-state index contributed by atoms with van der Waals surface area (Å²) in [6.07, 6.45) is 0.0854. The first kappa shape index (κ1) is 12.6. The quantitative estimate of drug-likeness (QED) is 0.791. The Morgan fingerprint density at radius 3 is 2.25 bits per heavy atom. The summed E-state index contributed by atoms with van der Waals surface area (Å²) in [5.41, 5.74) is 9.45. The molecule has 0 unspecified atom stereocenters. The number of nitrogens with two attached hydrogens (primary N) is 1. The lowest BCUT2D eigenvalue weighted by Gasteiger charge is -2.12. The Kier molecular flexibility index (Phi) is 4.01. The summed E-state index contributed by atoms with van der Waals surface area (Å²) in [6.45, 7) is 5.97. The highest BCUT2D eigenvalue weighted by Crippen LogP contribution is 2.21. The summed E-state index contributed by atoms with van der Waals surface area (Å²) in [4.78, 5) is 11.7. The van der Waals surface area contributed by atoms with Gasteiger partial charge in [0.25, 0.3) is 0 Å². The van der Waals surface area contributed by atoms with Gasteiger partial charge in [-0.05, 0) is 31.9 Å². The highest BCUT2D eigenvalue weighted by atomic mass is 32.1. The lowest BCUT2D eigenvalue weighted by Crippen LogP contribution is -2.21. The number of carbonyl (C=O) groups excluding carboxylic acids is 1. The van der Waals surface area contributed by atoms with Crippen molar-refractivity contribution in [2.75, 3.05) is 5.32 Å². The maximum atomic E-state index is 11.5. The molecule has 0 fully saturated rings. The van der Waals surface area contributed by atoms with E-state index in [-0.39, 0.29) is 17.3 Å². The van der Waals surface area contributed by atoms with E-state index in [1.165, 1.54) is 5.56 Å². The molecule has 3 N–H and O–H groups in total. The molecule has 1 rings (SSSR count). The SMILES string of the molecule is Cc1cc(C)c(NC(=O)CC(N)=S)c(C)c1. The Morgan fingerprint density at radius 1 is 1.31 bits per heavy atom. The molecule has 1 aromatic carbocycles. The van der Waals surface area contributed by atoms with Crippen LogP contribution >= 0.6 is 12.2 Å². The fourth-order valence-corrected chi connectivity index (χ4v) is 1.85. The minimum absolute atomic E-state index is 0.0854. The number of aryl methyl sites for hydroxylation is 3. The molecule has 0 atom stereocenters. The van der Waals surface area contributed by atoms with Crippen molar-refractivity contribution < 1.29 is 4.79 Å². The minimum atomic E-state index is -0.164. The second-order valence-corrected chi connectivity index (χ2v) is 4.49. The van der Waals surface area contributed by atoms with E-state index >= 15 is 0 Å². The molecular weight excluding hydrogens is 220 g/mol. The van der Waals surface area contributed by atoms with Crippen molar-refractivity contribution >= 4 is 28.8 Å². The van der Waals surface area contributed by atoms with Gasteiger partial charge in [0, 0.05) is 5.69 Å². The smallest absolute Gasteiger partial charge is 0.231 e. The maximum absolute atomic E-state index is 11.5. The van der Waals surface area contributed by atoms with E-state index in [4.69, 9.17) is 18.0 Å². The van der Waals surface area contributed by atoms with Crippen LogP contribution in [0.1, 0.15) is 23.1 Å². The van der Waals surface area contributed by atoms with Crippen LogP contribution in [-0.4, -0.2) is 10.9 Å². The van der Waals surface area contributed by atoms with Crippen LogP contribution in [0.2, 0.25) is 0 Å². The highest BCUT2D eigenvalue weighted by Gasteiger charge is 2.08. The van der Waals surface area contributed by atoms with Gasteiger partial charge < -0.3 is 11.1 Å². The van der Waals surface area contributed by atoms with Crippen LogP contribution < -0.4 is 11.1 Å². The number of carbonyl (C=O) groups is 1. The molecule has 0 aliphatic rings. The summed E-state index contributed by atoms with van der Waals surface area (Å²) in [6, 6.07) is 4.06. The van der Waals surface area contributed by atoms with Crippen molar-refractivity contribution in [3.8, 4) is 0 Å². The fraction of sp³-hybridized carbons (Fsp3) is 0.333. The van der Waals surface area contributed by atoms with Gasteiger partial charge in [0.15, 0.2) is 0 Å². The zero-order valence-corrected chi connectivity index (χ0v) is 10.6. The van der Waals surface area contributed by atoms with Crippen LogP contribution in [0.25, 0.3) is 0 Å². The Hall–Kier alpha value is -1.42. The van der Waals surface area contributed by atoms with Crippen molar-refractivity contribution in [2.24, 2.45) is 5.73 Å². The van der Waals surface area contributed by atoms with E-state index in [1.54, 1.807) is 0 Å². The molecular formula is C12H16N2OS. The second kappa shape index (κ2) is 5.07. The molecule has 3 nitrogen and oxygen atoms in total. The average Bonchev–Trinajstić information content (AvgIpc) is 2.09. The molecule has 0 saturated carbocycles. The number of nitrogens with one attached hydrogen (secondary N) is 1. The van der Waals surface area contributed by atoms with E-state index in [0.29, 0.717) is 0 Å². The Labute approximate surface area is 101 Å². The molecule has 86 valence electrons. The van der Waals surface area contributed by atoms with E-state index in [1.807, 2.05) is 32.9 Å². The van der Waals surface area contributed by atoms with Crippen molar-refractivity contribution in [1.82, 2.24) is 0 Å². The van der Waals surface area contributed by atoms with Gasteiger partial charge in [0.05, 0.1) is 11.4 Å². The van der Waals surface area contributed by atoms with Crippen molar-refractivity contribution in [3.63, 3.8) is 0 Å². The molecule has 1 amide bonds. The molecule has 0 aromatic heterocycles. The molecule has 0 aliphatic heterocycles. The molecule has 16 heavy (non-hydrogen) atoms. The van der Waals surface area contributed by atoms with Gasteiger partial charge in [0.1, 0.15) is 0 Å². The van der Waals surface area contributed by atoms with Crippen LogP contribution in [-0.2, 0) is 4.79 Å². The molecule has 0 heterocycles. The van der Waals surface area contributed by atoms with Crippen molar-refractivity contribution in [3.05, 3.63) is 28.8 Å². The van der Waals surface area contributed by atoms with Crippen LogP contribution in [0.15, 0.2) is 12.1 Å². The summed E-state index contributed by atoms with van der Waals surface area (Å²) in [7, 11) is 0. The molecule has 0 bridgehead atoms. The van der Waals surface area contributed by atoms with Gasteiger partial charge in [-0.25, -0.2) is 0 Å². The lowest BCUT2D eigenvalue weighted by atomic mass is 10.1. The largest absolute Gasteiger partial charge is 0.393 e. The number of anilines is 1. The Balaban J connectivity index is 2.89. The third-order valence-electron chi connectivity index (χ3n) is 2.28. The van der Waals surface area contributed by atoms with Crippen LogP contribution in [0, 0.1) is 20.8 Å². The summed E-state index contributed by atoms with van der Waals surface area (Å²) in [5, 5.41) is 2.83. The van der Waals surface area contributed by atoms with Crippen molar-refractivity contribution in [1.29, 1.82) is 0 Å². The van der Waals surface area contributed by atoms with Crippen molar-refractivity contribution in [2.45, 2.75) is 27.2 Å². The van der Waals surface area contributed by atoms with Crippen LogP contribution in [0.3, 0.4) is 0 Å². The summed E-state index contributed by atoms with van der Waals surface area (Å²) in [5.74, 6) is -0.164. The third kappa shape index (κ3) is 3.31. The fourth-order valence-electron chi connectivity index (χ4n) is 1.72. The zero-order chi connectivity index (χ0) is 12.3. The molecule has 0 saturated heterocycles. The minimum Gasteiger partial charge on any atom is -0.393 e. The van der Waals surface area contributed by atoms with Gasteiger partial charge in [-0.3, -0.25) is 4.79 Å². The summed E-state index contributed by atoms with van der Waals surface area (Å²) < 4.78 is 0. The second-order valence-electron chi connectivity index (χ2n) is 3.96. The van der Waals surface area contributed by atoms with Crippen LogP contribution in [0.4, 0.5) is 5.69 Å². The van der Waals surface area contributed by atoms with Gasteiger partial charge in [-0.1, -0.05) is 29.9 Å². The third-order valence-corrected chi connectivity index (χ3v) is 2.42. The first-order valence-electron chi connectivity index (χ1n) is 5.06. The maximum Gasteiger partial charge on any atom is 0.231 e. The van der Waals surface area contributed by atoms with Crippen LogP contribution in [0.5, 0.6) is 0 Å². The predicted octanol–water partition coefficient (Wildman–Crippen LogP) is 2.23. The number of amides is 1. The first-order chi connectivity index (χ1) is 7.40. The van der Waals surface area contributed by atoms with E-state index in [9.17, 15) is 4.79 Å². The number of hydrogen-bond acceptors (Lipinski definition) is 2. The Morgan fingerprint density at radius 2 is 1.81 bits per heavy atom. The predicted molar refractivity (Wildman–Crippen MR) is 70.7 cm³/mol. The van der Waals surface area contributed by atoms with E-state index < -0.39 is 0 Å². The number of benzene rings is 1. The van der Waals surface area contributed by atoms with E-state index in [2.05, 4.69) is 5.32 Å². The average molecular weight is 236 g/mol. The first-order valence-corrected chi connectivity index (χ1v) is 5.47. The standard InChI is InChI=1S/C12H16N2OS/c1-7-4-8(2)12(9(3)5-7)14-11(15)6-10(13)16/h4-5H,6H2,1-3H3,(H2,13,16)(H,14,15). The normalized spacial score (nSPS) is 9.94. The zero-order valence-electron chi connectivity index (χ0n) is 9.76. The molecule has 0 radical (unpaired) electrons. The number of hydrogen-bond donors (Lipinski definition) is 2. The molecule has 0 spiro atoms. The molecule has 0 aliphatic carbocycles.